The minimum absolute atomic E-state index is 0.206. The molecule has 126 valence electrons. The maximum Gasteiger partial charge on any atom is 0.319 e. The van der Waals surface area contributed by atoms with Gasteiger partial charge in [-0.05, 0) is 37.3 Å². The Balaban J connectivity index is 1.44. The van der Waals surface area contributed by atoms with E-state index < -0.39 is 5.82 Å². The summed E-state index contributed by atoms with van der Waals surface area (Å²) in [5.74, 6) is -0.358. The third-order valence-electron chi connectivity index (χ3n) is 4.67. The topological polar surface area (TPSA) is 59.6 Å². The number of nitrogens with one attached hydrogen (secondary N) is 2. The molecule has 0 radical (unpaired) electrons. The lowest BCUT2D eigenvalue weighted by molar-refractivity contribution is -0.182. The highest BCUT2D eigenvalue weighted by molar-refractivity contribution is 5.89. The van der Waals surface area contributed by atoms with E-state index in [1.165, 1.54) is 0 Å². The minimum Gasteiger partial charge on any atom is -0.348 e. The fourth-order valence-corrected chi connectivity index (χ4v) is 3.25. The largest absolute Gasteiger partial charge is 0.348 e. The molecule has 2 fully saturated rings. The van der Waals surface area contributed by atoms with Crippen LogP contribution in [0.2, 0.25) is 0 Å². The summed E-state index contributed by atoms with van der Waals surface area (Å²) in [5, 5.41) is 5.39. The van der Waals surface area contributed by atoms with Crippen LogP contribution in [-0.4, -0.2) is 31.6 Å². The Labute approximate surface area is 135 Å². The molecule has 2 aliphatic rings. The Morgan fingerprint density at radius 2 is 2.00 bits per heavy atom. The summed E-state index contributed by atoms with van der Waals surface area (Å²) in [6.45, 7) is 3.60. The van der Waals surface area contributed by atoms with E-state index in [9.17, 15) is 9.18 Å². The Morgan fingerprint density at radius 1 is 1.30 bits per heavy atom. The first-order valence-corrected chi connectivity index (χ1v) is 8.16. The standard InChI is InChI=1S/C17H23FN2O3/c1-12-3-2-4-14(15(12)18)20-16(21)19-11-13-5-7-17(8-6-13)22-9-10-23-17/h2-4,13H,5-11H2,1H3,(H2,19,20,21). The molecule has 0 unspecified atom stereocenters. The van der Waals surface area contributed by atoms with Crippen molar-refractivity contribution in [3.8, 4) is 0 Å². The molecule has 1 saturated heterocycles. The lowest BCUT2D eigenvalue weighted by Crippen LogP contribution is -2.39. The van der Waals surface area contributed by atoms with Gasteiger partial charge in [-0.2, -0.15) is 0 Å². The highest BCUT2D eigenvalue weighted by atomic mass is 19.1. The first-order valence-electron chi connectivity index (χ1n) is 8.16. The second-order valence-corrected chi connectivity index (χ2v) is 6.32. The van der Waals surface area contributed by atoms with Gasteiger partial charge in [-0.25, -0.2) is 9.18 Å². The summed E-state index contributed by atoms with van der Waals surface area (Å²) in [6, 6.07) is 4.57. The summed E-state index contributed by atoms with van der Waals surface area (Å²) in [5.41, 5.74) is 0.717. The summed E-state index contributed by atoms with van der Waals surface area (Å²) in [7, 11) is 0. The maximum atomic E-state index is 13.9. The smallest absolute Gasteiger partial charge is 0.319 e. The number of aryl methyl sites for hydroxylation is 1. The molecule has 5 nitrogen and oxygen atoms in total. The molecule has 1 aliphatic carbocycles. The van der Waals surface area contributed by atoms with Crippen molar-refractivity contribution in [1.82, 2.24) is 5.32 Å². The van der Waals surface area contributed by atoms with Crippen LogP contribution < -0.4 is 10.6 Å². The molecule has 2 amide bonds. The fourth-order valence-electron chi connectivity index (χ4n) is 3.25. The average Bonchev–Trinajstić information content (AvgIpc) is 3.00. The van der Waals surface area contributed by atoms with Gasteiger partial charge in [0, 0.05) is 19.4 Å². The molecule has 1 saturated carbocycles. The highest BCUT2D eigenvalue weighted by Gasteiger charge is 2.40. The predicted octanol–water partition coefficient (Wildman–Crippen LogP) is 3.19. The van der Waals surface area contributed by atoms with Crippen LogP contribution in [0.4, 0.5) is 14.9 Å². The minimum atomic E-state index is -0.391. The summed E-state index contributed by atoms with van der Waals surface area (Å²) in [4.78, 5) is 11.9. The van der Waals surface area contributed by atoms with Crippen molar-refractivity contribution in [2.24, 2.45) is 5.92 Å². The van der Waals surface area contributed by atoms with Crippen LogP contribution in [0.1, 0.15) is 31.2 Å². The molecule has 1 aromatic rings. The van der Waals surface area contributed by atoms with Gasteiger partial charge < -0.3 is 20.1 Å². The van der Waals surface area contributed by atoms with Crippen LogP contribution in [0.5, 0.6) is 0 Å². The van der Waals surface area contributed by atoms with Crippen molar-refractivity contribution >= 4 is 11.7 Å². The van der Waals surface area contributed by atoms with Gasteiger partial charge >= 0.3 is 6.03 Å². The molecule has 0 aromatic heterocycles. The van der Waals surface area contributed by atoms with Crippen molar-refractivity contribution in [1.29, 1.82) is 0 Å². The van der Waals surface area contributed by atoms with Gasteiger partial charge in [0.05, 0.1) is 18.9 Å². The molecular formula is C17H23FN2O3. The number of carbonyl (C=O) groups is 1. The molecule has 3 rings (SSSR count). The molecule has 2 N–H and O–H groups in total. The van der Waals surface area contributed by atoms with E-state index in [1.807, 2.05) is 0 Å². The SMILES string of the molecule is Cc1cccc(NC(=O)NCC2CCC3(CC2)OCCO3)c1F. The van der Waals surface area contributed by atoms with Crippen molar-refractivity contribution in [3.63, 3.8) is 0 Å². The van der Waals surface area contributed by atoms with Crippen LogP contribution in [0.25, 0.3) is 0 Å². The molecule has 1 heterocycles. The van der Waals surface area contributed by atoms with Gasteiger partial charge in [0.15, 0.2) is 5.79 Å². The van der Waals surface area contributed by atoms with E-state index in [4.69, 9.17) is 9.47 Å². The van der Waals surface area contributed by atoms with Crippen LogP contribution in [0, 0.1) is 18.7 Å². The van der Waals surface area contributed by atoms with Gasteiger partial charge in [0.1, 0.15) is 5.82 Å². The predicted molar refractivity (Wildman–Crippen MR) is 84.8 cm³/mol. The number of hydrogen-bond acceptors (Lipinski definition) is 3. The molecule has 1 spiro atoms. The number of carbonyl (C=O) groups excluding carboxylic acids is 1. The third-order valence-corrected chi connectivity index (χ3v) is 4.67. The molecule has 6 heteroatoms. The van der Waals surface area contributed by atoms with E-state index in [1.54, 1.807) is 25.1 Å². The molecule has 0 bridgehead atoms. The Morgan fingerprint density at radius 3 is 2.70 bits per heavy atom. The normalized spacial score (nSPS) is 20.6. The van der Waals surface area contributed by atoms with Gasteiger partial charge in [0.2, 0.25) is 0 Å². The first kappa shape index (κ1) is 16.2. The van der Waals surface area contributed by atoms with Crippen molar-refractivity contribution in [3.05, 3.63) is 29.6 Å². The lowest BCUT2D eigenvalue weighted by Gasteiger charge is -2.35. The zero-order chi connectivity index (χ0) is 16.3. The number of benzene rings is 1. The Hall–Kier alpha value is -1.66. The number of amides is 2. The van der Waals surface area contributed by atoms with Crippen molar-refractivity contribution < 1.29 is 18.7 Å². The van der Waals surface area contributed by atoms with Crippen LogP contribution in [0.3, 0.4) is 0 Å². The first-order chi connectivity index (χ1) is 11.1. The molecule has 1 aromatic carbocycles. The second-order valence-electron chi connectivity index (χ2n) is 6.32. The van der Waals surface area contributed by atoms with E-state index in [-0.39, 0.29) is 17.5 Å². The van der Waals surface area contributed by atoms with E-state index in [0.717, 1.165) is 25.7 Å². The zero-order valence-electron chi connectivity index (χ0n) is 13.4. The van der Waals surface area contributed by atoms with Gasteiger partial charge in [0.25, 0.3) is 0 Å². The van der Waals surface area contributed by atoms with E-state index in [0.29, 0.717) is 31.2 Å². The molecule has 0 atom stereocenters. The summed E-state index contributed by atoms with van der Waals surface area (Å²) in [6.07, 6.45) is 3.65. The van der Waals surface area contributed by atoms with Crippen molar-refractivity contribution in [2.75, 3.05) is 25.1 Å². The number of hydrogen-bond donors (Lipinski definition) is 2. The Bertz CT molecular complexity index is 563. The van der Waals surface area contributed by atoms with Crippen molar-refractivity contribution in [2.45, 2.75) is 38.4 Å². The summed E-state index contributed by atoms with van der Waals surface area (Å²) >= 11 is 0. The van der Waals surface area contributed by atoms with E-state index in [2.05, 4.69) is 10.6 Å². The monoisotopic (exact) mass is 322 g/mol. The van der Waals surface area contributed by atoms with Crippen LogP contribution >= 0.6 is 0 Å². The average molecular weight is 322 g/mol. The van der Waals surface area contributed by atoms with Gasteiger partial charge in [-0.15, -0.1) is 0 Å². The second kappa shape index (κ2) is 6.84. The fraction of sp³-hybridized carbons (Fsp3) is 0.588. The summed E-state index contributed by atoms with van der Waals surface area (Å²) < 4.78 is 25.2. The highest BCUT2D eigenvalue weighted by Crippen LogP contribution is 2.37. The third kappa shape index (κ3) is 3.82. The zero-order valence-corrected chi connectivity index (χ0v) is 13.4. The van der Waals surface area contributed by atoms with Crippen LogP contribution in [0.15, 0.2) is 18.2 Å². The number of urea groups is 1. The molecule has 1 aliphatic heterocycles. The lowest BCUT2D eigenvalue weighted by atomic mass is 9.85. The Kier molecular flexibility index (Phi) is 4.82. The maximum absolute atomic E-state index is 13.9. The molecular weight excluding hydrogens is 299 g/mol. The van der Waals surface area contributed by atoms with Crippen LogP contribution in [-0.2, 0) is 9.47 Å². The van der Waals surface area contributed by atoms with E-state index >= 15 is 0 Å². The quantitative estimate of drug-likeness (QED) is 0.898. The number of ether oxygens (including phenoxy) is 2. The van der Waals surface area contributed by atoms with Gasteiger partial charge in [-0.1, -0.05) is 12.1 Å². The number of anilines is 1. The molecule has 23 heavy (non-hydrogen) atoms. The van der Waals surface area contributed by atoms with Gasteiger partial charge in [-0.3, -0.25) is 0 Å². The number of rotatable bonds is 3. The number of halogens is 1.